The van der Waals surface area contributed by atoms with Crippen LogP contribution in [-0.4, -0.2) is 70.7 Å². The molecule has 2 aliphatic heterocycles. The van der Waals surface area contributed by atoms with Crippen molar-refractivity contribution in [2.75, 3.05) is 26.2 Å². The molecule has 0 radical (unpaired) electrons. The first-order valence-electron chi connectivity index (χ1n) is 7.28. The van der Waals surface area contributed by atoms with Crippen molar-refractivity contribution in [3.8, 4) is 0 Å². The number of nitrogens with zero attached hydrogens (tertiary/aromatic N) is 3. The molecule has 1 atom stereocenters. The molecule has 8 nitrogen and oxygen atoms in total. The van der Waals surface area contributed by atoms with E-state index in [2.05, 4.69) is 0 Å². The predicted octanol–water partition coefficient (Wildman–Crippen LogP) is -0.617. The van der Waals surface area contributed by atoms with Crippen LogP contribution in [0.5, 0.6) is 0 Å². The molecule has 1 unspecified atom stereocenters. The third kappa shape index (κ3) is 3.20. The number of nitrogens with two attached hydrogens (primary N) is 1. The van der Waals surface area contributed by atoms with Crippen molar-refractivity contribution < 1.29 is 19.2 Å². The van der Waals surface area contributed by atoms with Crippen LogP contribution >= 0.6 is 0 Å². The summed E-state index contributed by atoms with van der Waals surface area (Å²) in [5, 5.41) is 0. The van der Waals surface area contributed by atoms with Gasteiger partial charge in [-0.1, -0.05) is 20.8 Å². The summed E-state index contributed by atoms with van der Waals surface area (Å²) in [6, 6.07) is -1.21. The van der Waals surface area contributed by atoms with E-state index in [1.165, 1.54) is 4.90 Å². The summed E-state index contributed by atoms with van der Waals surface area (Å²) in [7, 11) is 0. The number of rotatable bonds is 3. The van der Waals surface area contributed by atoms with Crippen LogP contribution in [0.4, 0.5) is 4.79 Å². The Balaban J connectivity index is 2.07. The van der Waals surface area contributed by atoms with E-state index in [1.54, 1.807) is 4.90 Å². The molecule has 22 heavy (non-hydrogen) atoms. The van der Waals surface area contributed by atoms with Gasteiger partial charge in [0.05, 0.1) is 6.54 Å². The quantitative estimate of drug-likeness (QED) is 0.702. The highest BCUT2D eigenvalue weighted by Crippen LogP contribution is 2.25. The summed E-state index contributed by atoms with van der Waals surface area (Å²) in [4.78, 5) is 51.5. The van der Waals surface area contributed by atoms with E-state index < -0.39 is 30.4 Å². The van der Waals surface area contributed by atoms with E-state index in [0.29, 0.717) is 19.5 Å². The van der Waals surface area contributed by atoms with E-state index in [4.69, 9.17) is 5.73 Å². The van der Waals surface area contributed by atoms with Crippen molar-refractivity contribution in [3.63, 3.8) is 0 Å². The zero-order valence-corrected chi connectivity index (χ0v) is 13.2. The van der Waals surface area contributed by atoms with Crippen LogP contribution in [0.3, 0.4) is 0 Å². The van der Waals surface area contributed by atoms with Gasteiger partial charge in [0.2, 0.25) is 11.8 Å². The Bertz CT molecular complexity index is 525. The Morgan fingerprint density at radius 3 is 2.41 bits per heavy atom. The number of carbonyl (C=O) groups excluding carboxylic acids is 4. The number of imide groups is 1. The third-order valence-electron chi connectivity index (χ3n) is 3.76. The lowest BCUT2D eigenvalue weighted by atomic mass is 9.91. The SMILES string of the molecule is CC(C)(C)CC(=O)N1CCN2C(=O)N(CC(N)=O)C(=O)C2C1. The van der Waals surface area contributed by atoms with E-state index in [0.717, 1.165) is 4.90 Å². The molecule has 0 aromatic rings. The largest absolute Gasteiger partial charge is 0.368 e. The number of amides is 5. The molecule has 0 bridgehead atoms. The summed E-state index contributed by atoms with van der Waals surface area (Å²) < 4.78 is 0. The predicted molar refractivity (Wildman–Crippen MR) is 77.4 cm³/mol. The maximum absolute atomic E-state index is 12.3. The Kier molecular flexibility index (Phi) is 4.12. The summed E-state index contributed by atoms with van der Waals surface area (Å²) in [5.41, 5.74) is 4.93. The third-order valence-corrected chi connectivity index (χ3v) is 3.76. The number of piperazine rings is 1. The molecule has 2 rings (SSSR count). The summed E-state index contributed by atoms with van der Waals surface area (Å²) >= 11 is 0. The molecule has 0 aromatic carbocycles. The molecule has 0 saturated carbocycles. The first kappa shape index (κ1) is 16.3. The van der Waals surface area contributed by atoms with Gasteiger partial charge in [-0.2, -0.15) is 0 Å². The highest BCUT2D eigenvalue weighted by molar-refractivity contribution is 6.06. The Morgan fingerprint density at radius 2 is 1.86 bits per heavy atom. The number of primary amides is 1. The molecule has 122 valence electrons. The Hall–Kier alpha value is -2.12. The maximum atomic E-state index is 12.3. The second kappa shape index (κ2) is 5.58. The molecule has 2 heterocycles. The van der Waals surface area contributed by atoms with Gasteiger partial charge in [0.25, 0.3) is 5.91 Å². The number of urea groups is 1. The molecule has 0 aromatic heterocycles. The second-order valence-electron chi connectivity index (χ2n) is 6.96. The van der Waals surface area contributed by atoms with Crippen LogP contribution < -0.4 is 5.73 Å². The van der Waals surface area contributed by atoms with E-state index in [9.17, 15) is 19.2 Å². The van der Waals surface area contributed by atoms with Crippen LogP contribution in [0.25, 0.3) is 0 Å². The fourth-order valence-corrected chi connectivity index (χ4v) is 2.75. The van der Waals surface area contributed by atoms with Crippen LogP contribution in [-0.2, 0) is 14.4 Å². The van der Waals surface area contributed by atoms with Crippen LogP contribution in [0, 0.1) is 5.41 Å². The summed E-state index contributed by atoms with van der Waals surface area (Å²) in [6.07, 6.45) is 0.382. The minimum Gasteiger partial charge on any atom is -0.368 e. The number of hydrogen-bond donors (Lipinski definition) is 1. The molecule has 2 N–H and O–H groups in total. The summed E-state index contributed by atoms with van der Waals surface area (Å²) in [5.74, 6) is -1.22. The lowest BCUT2D eigenvalue weighted by Gasteiger charge is -2.36. The van der Waals surface area contributed by atoms with Gasteiger partial charge in [0.15, 0.2) is 0 Å². The van der Waals surface area contributed by atoms with Crippen LogP contribution in [0.1, 0.15) is 27.2 Å². The van der Waals surface area contributed by atoms with Gasteiger partial charge in [-0.05, 0) is 5.41 Å². The zero-order chi connectivity index (χ0) is 16.7. The topological polar surface area (TPSA) is 104 Å². The average molecular weight is 310 g/mol. The second-order valence-corrected chi connectivity index (χ2v) is 6.96. The fraction of sp³-hybridized carbons (Fsp3) is 0.714. The zero-order valence-electron chi connectivity index (χ0n) is 13.2. The molecule has 8 heteroatoms. The number of carbonyl (C=O) groups is 4. The van der Waals surface area contributed by atoms with Crippen molar-refractivity contribution in [2.24, 2.45) is 11.1 Å². The van der Waals surface area contributed by atoms with Crippen molar-refractivity contribution >= 4 is 23.8 Å². The van der Waals surface area contributed by atoms with Crippen molar-refractivity contribution in [2.45, 2.75) is 33.2 Å². The molecule has 5 amide bonds. The smallest absolute Gasteiger partial charge is 0.328 e. The molecule has 2 saturated heterocycles. The molecular formula is C14H22N4O4. The fourth-order valence-electron chi connectivity index (χ4n) is 2.75. The maximum Gasteiger partial charge on any atom is 0.328 e. The number of hydrogen-bond acceptors (Lipinski definition) is 4. The van der Waals surface area contributed by atoms with E-state index in [1.807, 2.05) is 20.8 Å². The van der Waals surface area contributed by atoms with Crippen LogP contribution in [0.2, 0.25) is 0 Å². The molecular weight excluding hydrogens is 288 g/mol. The standard InChI is InChI=1S/C14H22N4O4/c1-14(2,3)6-11(20)16-4-5-17-9(7-16)12(21)18(13(17)22)8-10(15)19/h9H,4-8H2,1-3H3,(H2,15,19). The van der Waals surface area contributed by atoms with Gasteiger partial charge in [0, 0.05) is 19.5 Å². The van der Waals surface area contributed by atoms with Gasteiger partial charge in [-0.25, -0.2) is 4.79 Å². The molecule has 2 aliphatic rings. The number of fused-ring (bicyclic) bond motifs is 1. The Labute approximate surface area is 129 Å². The lowest BCUT2D eigenvalue weighted by Crippen LogP contribution is -2.55. The van der Waals surface area contributed by atoms with Gasteiger partial charge >= 0.3 is 6.03 Å². The minimum atomic E-state index is -0.734. The molecule has 0 aliphatic carbocycles. The first-order chi connectivity index (χ1) is 10.1. The molecule has 2 fully saturated rings. The van der Waals surface area contributed by atoms with Crippen molar-refractivity contribution in [3.05, 3.63) is 0 Å². The average Bonchev–Trinajstić information content (AvgIpc) is 2.61. The Morgan fingerprint density at radius 1 is 1.23 bits per heavy atom. The van der Waals surface area contributed by atoms with Gasteiger partial charge in [0.1, 0.15) is 12.6 Å². The van der Waals surface area contributed by atoms with Gasteiger partial charge in [-0.3, -0.25) is 19.3 Å². The van der Waals surface area contributed by atoms with Gasteiger partial charge < -0.3 is 15.5 Å². The van der Waals surface area contributed by atoms with Gasteiger partial charge in [-0.15, -0.1) is 0 Å². The van der Waals surface area contributed by atoms with E-state index >= 15 is 0 Å². The monoisotopic (exact) mass is 310 g/mol. The van der Waals surface area contributed by atoms with Crippen molar-refractivity contribution in [1.82, 2.24) is 14.7 Å². The first-order valence-corrected chi connectivity index (χ1v) is 7.28. The van der Waals surface area contributed by atoms with Crippen molar-refractivity contribution in [1.29, 1.82) is 0 Å². The van der Waals surface area contributed by atoms with Crippen LogP contribution in [0.15, 0.2) is 0 Å². The highest BCUT2D eigenvalue weighted by Gasteiger charge is 2.48. The molecule has 0 spiro atoms. The minimum absolute atomic E-state index is 0.0271. The normalized spacial score (nSPS) is 22.1. The lowest BCUT2D eigenvalue weighted by molar-refractivity contribution is -0.138. The van der Waals surface area contributed by atoms with E-state index in [-0.39, 0.29) is 17.9 Å². The highest BCUT2D eigenvalue weighted by atomic mass is 16.2. The summed E-state index contributed by atoms with van der Waals surface area (Å²) in [6.45, 7) is 6.37.